The van der Waals surface area contributed by atoms with Crippen molar-refractivity contribution in [3.05, 3.63) is 12.2 Å². The molecular formula is C14H25N5. The Morgan fingerprint density at radius 2 is 2.26 bits per heavy atom. The Morgan fingerprint density at radius 3 is 2.89 bits per heavy atom. The maximum absolute atomic E-state index is 4.38. The van der Waals surface area contributed by atoms with Crippen LogP contribution in [0.4, 0.5) is 0 Å². The second-order valence-electron chi connectivity index (χ2n) is 6.03. The van der Waals surface area contributed by atoms with E-state index < -0.39 is 0 Å². The van der Waals surface area contributed by atoms with Gasteiger partial charge in [-0.15, -0.1) is 0 Å². The fourth-order valence-electron chi connectivity index (χ4n) is 3.21. The van der Waals surface area contributed by atoms with Crippen molar-refractivity contribution >= 4 is 0 Å². The molecule has 1 aromatic heterocycles. The third-order valence-electron chi connectivity index (χ3n) is 4.49. The molecule has 2 unspecified atom stereocenters. The topological polar surface area (TPSA) is 46.0 Å². The van der Waals surface area contributed by atoms with Crippen molar-refractivity contribution in [3.63, 3.8) is 0 Å². The molecule has 1 aliphatic heterocycles. The van der Waals surface area contributed by atoms with Gasteiger partial charge in [0, 0.05) is 32.2 Å². The fourth-order valence-corrected chi connectivity index (χ4v) is 3.21. The zero-order chi connectivity index (χ0) is 13.2. The summed E-state index contributed by atoms with van der Waals surface area (Å²) in [5, 5.41) is 7.92. The molecule has 1 aliphatic carbocycles. The molecule has 0 aromatic carbocycles. The van der Waals surface area contributed by atoms with Crippen molar-refractivity contribution in [1.29, 1.82) is 0 Å². The lowest BCUT2D eigenvalue weighted by atomic mass is 10.0. The van der Waals surface area contributed by atoms with Gasteiger partial charge in [-0.1, -0.05) is 13.3 Å². The molecule has 0 bridgehead atoms. The van der Waals surface area contributed by atoms with E-state index in [-0.39, 0.29) is 0 Å². The van der Waals surface area contributed by atoms with Gasteiger partial charge in [-0.25, -0.2) is 4.98 Å². The molecule has 1 saturated carbocycles. The summed E-state index contributed by atoms with van der Waals surface area (Å²) in [4.78, 5) is 7.02. The summed E-state index contributed by atoms with van der Waals surface area (Å²) in [6.45, 7) is 5.51. The van der Waals surface area contributed by atoms with Crippen LogP contribution in [0.2, 0.25) is 0 Å². The van der Waals surface area contributed by atoms with Gasteiger partial charge in [-0.05, 0) is 25.2 Å². The second-order valence-corrected chi connectivity index (χ2v) is 6.03. The number of nitrogens with one attached hydrogen (secondary N) is 1. The zero-order valence-corrected chi connectivity index (χ0v) is 12.0. The van der Waals surface area contributed by atoms with E-state index in [2.05, 4.69) is 27.2 Å². The van der Waals surface area contributed by atoms with Crippen LogP contribution in [0.15, 0.2) is 6.33 Å². The van der Waals surface area contributed by atoms with Gasteiger partial charge in [0.15, 0.2) is 0 Å². The van der Waals surface area contributed by atoms with Gasteiger partial charge in [0.05, 0.1) is 6.54 Å². The first-order valence-electron chi connectivity index (χ1n) is 7.58. The van der Waals surface area contributed by atoms with E-state index >= 15 is 0 Å². The first-order chi connectivity index (χ1) is 9.28. The number of hydrogen-bond acceptors (Lipinski definition) is 4. The van der Waals surface area contributed by atoms with Gasteiger partial charge >= 0.3 is 0 Å². The molecule has 0 radical (unpaired) electrons. The molecule has 5 nitrogen and oxygen atoms in total. The molecule has 2 atom stereocenters. The average molecular weight is 263 g/mol. The maximum atomic E-state index is 4.38. The van der Waals surface area contributed by atoms with E-state index in [0.29, 0.717) is 12.1 Å². The van der Waals surface area contributed by atoms with Crippen LogP contribution in [-0.4, -0.2) is 44.8 Å². The fraction of sp³-hybridized carbons (Fsp3) is 0.857. The zero-order valence-electron chi connectivity index (χ0n) is 12.0. The van der Waals surface area contributed by atoms with E-state index in [0.717, 1.165) is 31.4 Å². The molecule has 106 valence electrons. The largest absolute Gasteiger partial charge is 0.311 e. The highest BCUT2D eigenvalue weighted by Crippen LogP contribution is 2.36. The highest BCUT2D eigenvalue weighted by atomic mass is 15.3. The Balaban J connectivity index is 1.68. The molecule has 1 N–H and O–H groups in total. The molecule has 19 heavy (non-hydrogen) atoms. The third kappa shape index (κ3) is 2.98. The summed E-state index contributed by atoms with van der Waals surface area (Å²) in [5.74, 6) is 1.99. The van der Waals surface area contributed by atoms with Crippen LogP contribution < -0.4 is 5.32 Å². The van der Waals surface area contributed by atoms with Gasteiger partial charge in [0.1, 0.15) is 12.2 Å². The van der Waals surface area contributed by atoms with Crippen LogP contribution in [0.5, 0.6) is 0 Å². The van der Waals surface area contributed by atoms with E-state index in [1.807, 2.05) is 11.7 Å². The highest BCUT2D eigenvalue weighted by Gasteiger charge is 2.38. The lowest BCUT2D eigenvalue weighted by Crippen LogP contribution is -2.57. The van der Waals surface area contributed by atoms with Gasteiger partial charge in [-0.2, -0.15) is 5.10 Å². The summed E-state index contributed by atoms with van der Waals surface area (Å²) in [5.41, 5.74) is 0. The molecule has 1 aromatic rings. The predicted molar refractivity (Wildman–Crippen MR) is 74.6 cm³/mol. The summed E-state index contributed by atoms with van der Waals surface area (Å²) >= 11 is 0. The van der Waals surface area contributed by atoms with Crippen molar-refractivity contribution in [2.45, 2.75) is 51.2 Å². The van der Waals surface area contributed by atoms with Gasteiger partial charge in [-0.3, -0.25) is 9.58 Å². The molecule has 2 fully saturated rings. The number of rotatable bonds is 5. The Morgan fingerprint density at radius 1 is 1.42 bits per heavy atom. The summed E-state index contributed by atoms with van der Waals surface area (Å²) in [6, 6.07) is 1.35. The third-order valence-corrected chi connectivity index (χ3v) is 4.49. The molecule has 2 heterocycles. The minimum atomic E-state index is 0.647. The lowest BCUT2D eigenvalue weighted by molar-refractivity contribution is 0.0999. The minimum absolute atomic E-state index is 0.647. The van der Waals surface area contributed by atoms with Crippen molar-refractivity contribution in [3.8, 4) is 0 Å². The first kappa shape index (κ1) is 13.1. The molecule has 3 rings (SSSR count). The number of hydrogen-bond donors (Lipinski definition) is 1. The SMILES string of the molecule is CCCC1CN(Cc2ncnn2C)C(C2CC2)CN1. The van der Waals surface area contributed by atoms with Crippen LogP contribution in [0.25, 0.3) is 0 Å². The van der Waals surface area contributed by atoms with Gasteiger partial charge in [0.25, 0.3) is 0 Å². The van der Waals surface area contributed by atoms with Gasteiger partial charge in [0.2, 0.25) is 0 Å². The predicted octanol–water partition coefficient (Wildman–Crippen LogP) is 1.17. The van der Waals surface area contributed by atoms with Crippen molar-refractivity contribution in [2.75, 3.05) is 13.1 Å². The van der Waals surface area contributed by atoms with Crippen molar-refractivity contribution in [2.24, 2.45) is 13.0 Å². The Bertz CT molecular complexity index is 412. The van der Waals surface area contributed by atoms with E-state index in [9.17, 15) is 0 Å². The molecule has 0 amide bonds. The molecule has 5 heteroatoms. The number of aromatic nitrogens is 3. The molecule has 0 spiro atoms. The summed E-state index contributed by atoms with van der Waals surface area (Å²) in [7, 11) is 1.99. The van der Waals surface area contributed by atoms with Crippen LogP contribution in [0.1, 0.15) is 38.4 Å². The maximum Gasteiger partial charge on any atom is 0.140 e. The Kier molecular flexibility index (Phi) is 3.84. The number of aryl methyl sites for hydroxylation is 1. The Labute approximate surface area is 115 Å². The minimum Gasteiger partial charge on any atom is -0.311 e. The van der Waals surface area contributed by atoms with E-state index in [1.54, 1.807) is 6.33 Å². The standard InChI is InChI=1S/C14H25N5/c1-3-4-12-8-19(9-14-16-10-17-18(14)2)13(7-15-12)11-5-6-11/h10-13,15H,3-9H2,1-2H3. The monoisotopic (exact) mass is 263 g/mol. The number of nitrogens with zero attached hydrogens (tertiary/aromatic N) is 4. The van der Waals surface area contributed by atoms with E-state index in [1.165, 1.54) is 25.7 Å². The van der Waals surface area contributed by atoms with Crippen LogP contribution in [0.3, 0.4) is 0 Å². The summed E-state index contributed by atoms with van der Waals surface area (Å²) < 4.78 is 1.90. The normalized spacial score (nSPS) is 28.7. The van der Waals surface area contributed by atoms with E-state index in [4.69, 9.17) is 0 Å². The van der Waals surface area contributed by atoms with Gasteiger partial charge < -0.3 is 5.32 Å². The van der Waals surface area contributed by atoms with Crippen LogP contribution >= 0.6 is 0 Å². The highest BCUT2D eigenvalue weighted by molar-refractivity contribution is 4.97. The average Bonchev–Trinajstić information content (AvgIpc) is 3.16. The molecule has 2 aliphatic rings. The lowest BCUT2D eigenvalue weighted by Gasteiger charge is -2.40. The molecular weight excluding hydrogens is 238 g/mol. The Hall–Kier alpha value is -0.940. The molecule has 1 saturated heterocycles. The van der Waals surface area contributed by atoms with Crippen molar-refractivity contribution < 1.29 is 0 Å². The van der Waals surface area contributed by atoms with Crippen LogP contribution in [0, 0.1) is 5.92 Å². The first-order valence-corrected chi connectivity index (χ1v) is 7.58. The quantitative estimate of drug-likeness (QED) is 0.866. The second kappa shape index (κ2) is 5.59. The van der Waals surface area contributed by atoms with Crippen LogP contribution in [-0.2, 0) is 13.6 Å². The smallest absolute Gasteiger partial charge is 0.140 e. The number of piperazine rings is 1. The van der Waals surface area contributed by atoms with Crippen molar-refractivity contribution in [1.82, 2.24) is 25.0 Å². The summed E-state index contributed by atoms with van der Waals surface area (Å²) in [6.07, 6.45) is 6.99.